The molecule has 0 bridgehead atoms. The van der Waals surface area contributed by atoms with Crippen LogP contribution in [0.2, 0.25) is 0 Å². The number of hydrogen-bond donors (Lipinski definition) is 2. The summed E-state index contributed by atoms with van der Waals surface area (Å²) in [6, 6.07) is 0.659. The van der Waals surface area contributed by atoms with E-state index < -0.39 is 0 Å². The molecule has 1 saturated heterocycles. The fraction of sp³-hybridized carbons (Fsp3) is 0.917. The number of carbonyl (C=O) groups excluding carboxylic acids is 1. The predicted molar refractivity (Wildman–Crippen MR) is 60.6 cm³/mol. The molecule has 2 N–H and O–H groups in total. The van der Waals surface area contributed by atoms with E-state index >= 15 is 0 Å². The van der Waals surface area contributed by atoms with Gasteiger partial charge in [-0.15, -0.1) is 0 Å². The average molecular weight is 210 g/mol. The van der Waals surface area contributed by atoms with E-state index in [1.54, 1.807) is 0 Å². The summed E-state index contributed by atoms with van der Waals surface area (Å²) >= 11 is 0. The molecule has 1 aliphatic heterocycles. The fourth-order valence-electron chi connectivity index (χ4n) is 2.64. The standard InChI is InChI=1S/C12H22N2O/c1-9-4-6-10(7-5-9)14-11-3-2-8-13-12(11)15/h9-11,14H,2-8H2,1H3,(H,13,15). The Bertz CT molecular complexity index is 222. The molecule has 1 saturated carbocycles. The third kappa shape index (κ3) is 2.94. The highest BCUT2D eigenvalue weighted by atomic mass is 16.2. The lowest BCUT2D eigenvalue weighted by Crippen LogP contribution is -2.52. The van der Waals surface area contributed by atoms with E-state index in [0.717, 1.165) is 25.3 Å². The highest BCUT2D eigenvalue weighted by molar-refractivity contribution is 5.82. The second-order valence-corrected chi connectivity index (χ2v) is 5.11. The van der Waals surface area contributed by atoms with E-state index in [1.807, 2.05) is 0 Å². The van der Waals surface area contributed by atoms with Crippen LogP contribution in [0.25, 0.3) is 0 Å². The van der Waals surface area contributed by atoms with Gasteiger partial charge in [0.05, 0.1) is 6.04 Å². The van der Waals surface area contributed by atoms with Gasteiger partial charge in [0.25, 0.3) is 0 Å². The first-order valence-corrected chi connectivity index (χ1v) is 6.29. The average Bonchev–Trinajstić information content (AvgIpc) is 2.25. The van der Waals surface area contributed by atoms with E-state index in [9.17, 15) is 4.79 Å². The number of piperidine rings is 1. The molecule has 1 aliphatic carbocycles. The molecule has 0 aromatic carbocycles. The zero-order valence-electron chi connectivity index (χ0n) is 9.59. The minimum absolute atomic E-state index is 0.0807. The first kappa shape index (κ1) is 10.9. The largest absolute Gasteiger partial charge is 0.355 e. The van der Waals surface area contributed by atoms with Gasteiger partial charge in [0.2, 0.25) is 5.91 Å². The highest BCUT2D eigenvalue weighted by Crippen LogP contribution is 2.24. The molecule has 2 fully saturated rings. The Labute approximate surface area is 92.0 Å². The van der Waals surface area contributed by atoms with E-state index in [4.69, 9.17) is 0 Å². The van der Waals surface area contributed by atoms with Gasteiger partial charge in [-0.1, -0.05) is 6.92 Å². The van der Waals surface area contributed by atoms with Crippen molar-refractivity contribution in [3.8, 4) is 0 Å². The molecule has 3 heteroatoms. The van der Waals surface area contributed by atoms with Gasteiger partial charge in [-0.3, -0.25) is 4.79 Å². The summed E-state index contributed by atoms with van der Waals surface area (Å²) in [5.74, 6) is 1.09. The maximum Gasteiger partial charge on any atom is 0.237 e. The lowest BCUT2D eigenvalue weighted by atomic mass is 9.87. The normalized spacial score (nSPS) is 37.4. The lowest BCUT2D eigenvalue weighted by molar-refractivity contribution is -0.124. The molecule has 1 atom stereocenters. The van der Waals surface area contributed by atoms with Crippen LogP contribution in [0.4, 0.5) is 0 Å². The first-order valence-electron chi connectivity index (χ1n) is 6.29. The van der Waals surface area contributed by atoms with Crippen molar-refractivity contribution >= 4 is 5.91 Å². The van der Waals surface area contributed by atoms with Crippen LogP contribution < -0.4 is 10.6 Å². The van der Waals surface area contributed by atoms with Crippen LogP contribution in [0.5, 0.6) is 0 Å². The molecular formula is C12H22N2O. The Kier molecular flexibility index (Phi) is 3.62. The molecule has 0 radical (unpaired) electrons. The predicted octanol–water partition coefficient (Wildman–Crippen LogP) is 1.43. The van der Waals surface area contributed by atoms with Gasteiger partial charge in [-0.05, 0) is 44.4 Å². The van der Waals surface area contributed by atoms with Crippen molar-refractivity contribution in [3.63, 3.8) is 0 Å². The molecule has 3 nitrogen and oxygen atoms in total. The summed E-state index contributed by atoms with van der Waals surface area (Å²) in [4.78, 5) is 11.6. The quantitative estimate of drug-likeness (QED) is 0.724. The van der Waals surface area contributed by atoms with Crippen LogP contribution in [0.15, 0.2) is 0 Å². The van der Waals surface area contributed by atoms with Gasteiger partial charge in [-0.2, -0.15) is 0 Å². The van der Waals surface area contributed by atoms with Gasteiger partial charge in [0, 0.05) is 12.6 Å². The lowest BCUT2D eigenvalue weighted by Gasteiger charge is -2.32. The number of amides is 1. The minimum Gasteiger partial charge on any atom is -0.355 e. The molecule has 0 spiro atoms. The van der Waals surface area contributed by atoms with Crippen LogP contribution in [-0.2, 0) is 4.79 Å². The maximum atomic E-state index is 11.6. The van der Waals surface area contributed by atoms with Crippen molar-refractivity contribution < 1.29 is 4.79 Å². The summed E-state index contributed by atoms with van der Waals surface area (Å²) < 4.78 is 0. The molecule has 15 heavy (non-hydrogen) atoms. The molecule has 0 aromatic heterocycles. The topological polar surface area (TPSA) is 41.1 Å². The van der Waals surface area contributed by atoms with Crippen LogP contribution in [0, 0.1) is 5.92 Å². The van der Waals surface area contributed by atoms with Crippen molar-refractivity contribution in [2.45, 2.75) is 57.5 Å². The van der Waals surface area contributed by atoms with E-state index in [-0.39, 0.29) is 11.9 Å². The second kappa shape index (κ2) is 4.97. The second-order valence-electron chi connectivity index (χ2n) is 5.11. The minimum atomic E-state index is 0.0807. The molecule has 1 amide bonds. The van der Waals surface area contributed by atoms with E-state index in [2.05, 4.69) is 17.6 Å². The Hall–Kier alpha value is -0.570. The van der Waals surface area contributed by atoms with Crippen molar-refractivity contribution in [2.75, 3.05) is 6.54 Å². The van der Waals surface area contributed by atoms with Gasteiger partial charge >= 0.3 is 0 Å². The smallest absolute Gasteiger partial charge is 0.237 e. The molecule has 2 rings (SSSR count). The summed E-state index contributed by atoms with van der Waals surface area (Å²) in [6.07, 6.45) is 7.23. The van der Waals surface area contributed by atoms with E-state index in [0.29, 0.717) is 6.04 Å². The van der Waals surface area contributed by atoms with Crippen LogP contribution in [0.1, 0.15) is 45.4 Å². The SMILES string of the molecule is CC1CCC(NC2CCCNC2=O)CC1. The first-order chi connectivity index (χ1) is 7.25. The highest BCUT2D eigenvalue weighted by Gasteiger charge is 2.26. The van der Waals surface area contributed by atoms with Crippen molar-refractivity contribution in [1.29, 1.82) is 0 Å². The Morgan fingerprint density at radius 2 is 1.93 bits per heavy atom. The Morgan fingerprint density at radius 1 is 1.20 bits per heavy atom. The fourth-order valence-corrected chi connectivity index (χ4v) is 2.64. The third-order valence-corrected chi connectivity index (χ3v) is 3.74. The van der Waals surface area contributed by atoms with Gasteiger partial charge < -0.3 is 10.6 Å². The van der Waals surface area contributed by atoms with E-state index in [1.165, 1.54) is 25.7 Å². The molecular weight excluding hydrogens is 188 g/mol. The third-order valence-electron chi connectivity index (χ3n) is 3.74. The summed E-state index contributed by atoms with van der Waals surface area (Å²) in [5.41, 5.74) is 0. The molecule has 1 unspecified atom stereocenters. The maximum absolute atomic E-state index is 11.6. The number of carbonyl (C=O) groups is 1. The molecule has 86 valence electrons. The number of rotatable bonds is 2. The van der Waals surface area contributed by atoms with Crippen LogP contribution in [-0.4, -0.2) is 24.5 Å². The summed E-state index contributed by atoms with van der Waals surface area (Å²) in [7, 11) is 0. The number of hydrogen-bond acceptors (Lipinski definition) is 2. The Morgan fingerprint density at radius 3 is 2.60 bits per heavy atom. The van der Waals surface area contributed by atoms with Crippen molar-refractivity contribution in [2.24, 2.45) is 5.92 Å². The van der Waals surface area contributed by atoms with Crippen molar-refractivity contribution in [3.05, 3.63) is 0 Å². The molecule has 1 heterocycles. The van der Waals surface area contributed by atoms with Crippen LogP contribution >= 0.6 is 0 Å². The number of nitrogens with one attached hydrogen (secondary N) is 2. The van der Waals surface area contributed by atoms with Gasteiger partial charge in [0.1, 0.15) is 0 Å². The van der Waals surface area contributed by atoms with Crippen molar-refractivity contribution in [1.82, 2.24) is 10.6 Å². The Balaban J connectivity index is 1.78. The van der Waals surface area contributed by atoms with Crippen LogP contribution in [0.3, 0.4) is 0 Å². The monoisotopic (exact) mass is 210 g/mol. The van der Waals surface area contributed by atoms with Gasteiger partial charge in [-0.25, -0.2) is 0 Å². The van der Waals surface area contributed by atoms with Gasteiger partial charge in [0.15, 0.2) is 0 Å². The summed E-state index contributed by atoms with van der Waals surface area (Å²) in [5, 5.41) is 6.45. The molecule has 0 aromatic rings. The zero-order chi connectivity index (χ0) is 10.7. The summed E-state index contributed by atoms with van der Waals surface area (Å²) in [6.45, 7) is 3.18. The zero-order valence-corrected chi connectivity index (χ0v) is 9.59. The molecule has 2 aliphatic rings.